The van der Waals surface area contributed by atoms with Gasteiger partial charge in [-0.1, -0.05) is 17.3 Å². The van der Waals surface area contributed by atoms with E-state index in [-0.39, 0.29) is 11.9 Å². The number of likely N-dealkylation sites (N-methyl/N-ethyl adjacent to an activating group) is 1. The highest BCUT2D eigenvalue weighted by Crippen LogP contribution is 2.19. The molecular weight excluding hydrogens is 261 g/mol. The quantitative estimate of drug-likeness (QED) is 0.856. The van der Waals surface area contributed by atoms with Gasteiger partial charge in [-0.05, 0) is 24.7 Å². The predicted octanol–water partition coefficient (Wildman–Crippen LogP) is 1.80. The summed E-state index contributed by atoms with van der Waals surface area (Å²) in [5.74, 6) is 0.843. The molecule has 0 saturated carbocycles. The van der Waals surface area contributed by atoms with Crippen LogP contribution in [-0.2, 0) is 11.2 Å². The largest absolute Gasteiger partial charge is 0.367 e. The Morgan fingerprint density at radius 2 is 2.15 bits per heavy atom. The van der Waals surface area contributed by atoms with Gasteiger partial charge in [0.15, 0.2) is 0 Å². The molecule has 2 aromatic rings. The molecular formula is C14H16FN3O2. The van der Waals surface area contributed by atoms with E-state index in [1.807, 2.05) is 7.05 Å². The molecule has 5 nitrogen and oxygen atoms in total. The minimum atomic E-state index is -0.251. The molecule has 6 heteroatoms. The molecule has 0 spiro atoms. The van der Waals surface area contributed by atoms with E-state index in [4.69, 9.17) is 9.26 Å². The van der Waals surface area contributed by atoms with Crippen molar-refractivity contribution >= 4 is 0 Å². The van der Waals surface area contributed by atoms with Gasteiger partial charge >= 0.3 is 0 Å². The fourth-order valence-corrected chi connectivity index (χ4v) is 2.18. The van der Waals surface area contributed by atoms with Gasteiger partial charge < -0.3 is 14.2 Å². The first-order valence-corrected chi connectivity index (χ1v) is 6.58. The minimum Gasteiger partial charge on any atom is -0.367 e. The van der Waals surface area contributed by atoms with Crippen molar-refractivity contribution < 1.29 is 13.7 Å². The molecule has 20 heavy (non-hydrogen) atoms. The first-order chi connectivity index (χ1) is 9.70. The van der Waals surface area contributed by atoms with Crippen molar-refractivity contribution in [2.24, 2.45) is 0 Å². The molecule has 2 heterocycles. The lowest BCUT2D eigenvalue weighted by molar-refractivity contribution is -0.0264. The van der Waals surface area contributed by atoms with Gasteiger partial charge in [0.2, 0.25) is 11.7 Å². The minimum absolute atomic E-state index is 0.139. The number of hydrogen-bond donors (Lipinski definition) is 0. The number of nitrogens with zero attached hydrogens (tertiary/aromatic N) is 3. The van der Waals surface area contributed by atoms with Gasteiger partial charge in [0.05, 0.1) is 13.0 Å². The summed E-state index contributed by atoms with van der Waals surface area (Å²) in [4.78, 5) is 6.53. The first kappa shape index (κ1) is 13.2. The van der Waals surface area contributed by atoms with Gasteiger partial charge in [-0.15, -0.1) is 0 Å². The number of rotatable bonds is 3. The summed E-state index contributed by atoms with van der Waals surface area (Å²) in [7, 11) is 2.04. The van der Waals surface area contributed by atoms with Gasteiger partial charge in [0.1, 0.15) is 11.9 Å². The topological polar surface area (TPSA) is 51.4 Å². The summed E-state index contributed by atoms with van der Waals surface area (Å²) in [5.41, 5.74) is 0.934. The molecule has 1 unspecified atom stereocenters. The van der Waals surface area contributed by atoms with Crippen LogP contribution < -0.4 is 0 Å². The Kier molecular flexibility index (Phi) is 3.75. The summed E-state index contributed by atoms with van der Waals surface area (Å²) in [6.45, 7) is 2.34. The van der Waals surface area contributed by atoms with Crippen molar-refractivity contribution in [3.05, 3.63) is 47.4 Å². The monoisotopic (exact) mass is 277 g/mol. The molecule has 1 aliphatic heterocycles. The second kappa shape index (κ2) is 5.68. The lowest BCUT2D eigenvalue weighted by Gasteiger charge is -2.27. The van der Waals surface area contributed by atoms with Gasteiger partial charge in [-0.2, -0.15) is 4.98 Å². The molecule has 1 fully saturated rings. The Labute approximate surface area is 116 Å². The highest BCUT2D eigenvalue weighted by molar-refractivity contribution is 5.19. The third-order valence-corrected chi connectivity index (χ3v) is 3.31. The van der Waals surface area contributed by atoms with Gasteiger partial charge in [-0.3, -0.25) is 0 Å². The molecule has 1 atom stereocenters. The third kappa shape index (κ3) is 3.02. The Balaban J connectivity index is 1.68. The smallest absolute Gasteiger partial charge is 0.231 e. The second-order valence-electron chi connectivity index (χ2n) is 4.97. The standard InChI is InChI=1S/C14H16FN3O2/c1-18-6-7-19-12(9-18)14-16-13(20-17-14)8-10-2-4-11(15)5-3-10/h2-5,12H,6-9H2,1H3. The van der Waals surface area contributed by atoms with Gasteiger partial charge in [0, 0.05) is 13.1 Å². The summed E-state index contributed by atoms with van der Waals surface area (Å²) in [6, 6.07) is 6.27. The van der Waals surface area contributed by atoms with E-state index in [9.17, 15) is 4.39 Å². The molecule has 0 aliphatic carbocycles. The number of halogens is 1. The molecule has 0 N–H and O–H groups in total. The highest BCUT2D eigenvalue weighted by Gasteiger charge is 2.24. The van der Waals surface area contributed by atoms with Crippen LogP contribution in [-0.4, -0.2) is 41.8 Å². The summed E-state index contributed by atoms with van der Waals surface area (Å²) in [6.07, 6.45) is 0.356. The van der Waals surface area contributed by atoms with Crippen LogP contribution in [0.15, 0.2) is 28.8 Å². The van der Waals surface area contributed by atoms with Crippen LogP contribution in [0.25, 0.3) is 0 Å². The lowest BCUT2D eigenvalue weighted by atomic mass is 10.1. The Hall–Kier alpha value is -1.79. The Bertz CT molecular complexity index is 570. The van der Waals surface area contributed by atoms with Crippen LogP contribution in [0.4, 0.5) is 4.39 Å². The molecule has 106 valence electrons. The van der Waals surface area contributed by atoms with Crippen LogP contribution in [0.1, 0.15) is 23.4 Å². The maximum Gasteiger partial charge on any atom is 0.231 e. The molecule has 1 aliphatic rings. The second-order valence-corrected chi connectivity index (χ2v) is 4.97. The maximum atomic E-state index is 12.8. The van der Waals surface area contributed by atoms with Crippen LogP contribution in [0, 0.1) is 5.82 Å². The van der Waals surface area contributed by atoms with Gasteiger partial charge in [-0.25, -0.2) is 4.39 Å². The van der Waals surface area contributed by atoms with E-state index < -0.39 is 0 Å². The van der Waals surface area contributed by atoms with Crippen molar-refractivity contribution in [3.8, 4) is 0 Å². The van der Waals surface area contributed by atoms with Crippen molar-refractivity contribution in [2.75, 3.05) is 26.7 Å². The number of morpholine rings is 1. The average Bonchev–Trinajstić information content (AvgIpc) is 2.90. The van der Waals surface area contributed by atoms with Crippen molar-refractivity contribution in [3.63, 3.8) is 0 Å². The Morgan fingerprint density at radius 1 is 1.35 bits per heavy atom. The van der Waals surface area contributed by atoms with Crippen LogP contribution in [0.5, 0.6) is 0 Å². The maximum absolute atomic E-state index is 12.8. The third-order valence-electron chi connectivity index (χ3n) is 3.31. The molecule has 3 rings (SSSR count). The molecule has 0 amide bonds. The van der Waals surface area contributed by atoms with Crippen LogP contribution >= 0.6 is 0 Å². The fourth-order valence-electron chi connectivity index (χ4n) is 2.18. The molecule has 1 aromatic carbocycles. The van der Waals surface area contributed by atoms with Crippen molar-refractivity contribution in [1.29, 1.82) is 0 Å². The fraction of sp³-hybridized carbons (Fsp3) is 0.429. The molecule has 1 saturated heterocycles. The van der Waals surface area contributed by atoms with Crippen LogP contribution in [0.2, 0.25) is 0 Å². The molecule has 0 bridgehead atoms. The Morgan fingerprint density at radius 3 is 2.90 bits per heavy atom. The number of ether oxygens (including phenoxy) is 1. The van der Waals surface area contributed by atoms with E-state index in [2.05, 4.69) is 15.0 Å². The molecule has 1 aromatic heterocycles. The van der Waals surface area contributed by atoms with Gasteiger partial charge in [0.25, 0.3) is 0 Å². The first-order valence-electron chi connectivity index (χ1n) is 6.58. The van der Waals surface area contributed by atoms with E-state index in [0.717, 1.165) is 18.7 Å². The SMILES string of the molecule is CN1CCOC(c2noc(Cc3ccc(F)cc3)n2)C1. The summed E-state index contributed by atoms with van der Waals surface area (Å²) in [5, 5.41) is 3.98. The van der Waals surface area contributed by atoms with E-state index in [0.29, 0.717) is 24.7 Å². The highest BCUT2D eigenvalue weighted by atomic mass is 19.1. The summed E-state index contributed by atoms with van der Waals surface area (Å²) >= 11 is 0. The number of hydrogen-bond acceptors (Lipinski definition) is 5. The molecule has 0 radical (unpaired) electrons. The zero-order chi connectivity index (χ0) is 13.9. The summed E-state index contributed by atoms with van der Waals surface area (Å²) < 4.78 is 23.7. The lowest BCUT2D eigenvalue weighted by Crippen LogP contribution is -2.35. The van der Waals surface area contributed by atoms with E-state index in [1.54, 1.807) is 12.1 Å². The zero-order valence-corrected chi connectivity index (χ0v) is 11.3. The van der Waals surface area contributed by atoms with E-state index >= 15 is 0 Å². The average molecular weight is 277 g/mol. The van der Waals surface area contributed by atoms with Crippen LogP contribution in [0.3, 0.4) is 0 Å². The zero-order valence-electron chi connectivity index (χ0n) is 11.3. The number of aromatic nitrogens is 2. The predicted molar refractivity (Wildman–Crippen MR) is 69.7 cm³/mol. The number of benzene rings is 1. The normalized spacial score (nSPS) is 20.2. The van der Waals surface area contributed by atoms with Crippen molar-refractivity contribution in [2.45, 2.75) is 12.5 Å². The van der Waals surface area contributed by atoms with Crippen molar-refractivity contribution in [1.82, 2.24) is 15.0 Å². The van der Waals surface area contributed by atoms with E-state index in [1.165, 1.54) is 12.1 Å².